The van der Waals surface area contributed by atoms with Crippen LogP contribution in [-0.4, -0.2) is 41.6 Å². The number of aryl methyl sites for hydroxylation is 1. The number of aromatic amines is 2. The Labute approximate surface area is 90.7 Å². The molecule has 0 radical (unpaired) electrons. The van der Waals surface area contributed by atoms with Crippen LogP contribution in [0.15, 0.2) is 6.20 Å². The second-order valence-electron chi connectivity index (χ2n) is 4.77. The van der Waals surface area contributed by atoms with E-state index < -0.39 is 0 Å². The van der Waals surface area contributed by atoms with Crippen molar-refractivity contribution >= 4 is 12.2 Å². The van der Waals surface area contributed by atoms with Crippen LogP contribution in [-0.2, 0) is 6.42 Å². The van der Waals surface area contributed by atoms with Crippen molar-refractivity contribution < 1.29 is 4.48 Å². The Balaban J connectivity index is 2.45. The Bertz CT molecular complexity index is 332. The third-order valence-corrected chi connectivity index (χ3v) is 3.03. The van der Waals surface area contributed by atoms with Crippen molar-refractivity contribution in [3.05, 3.63) is 16.7 Å². The Morgan fingerprint density at radius 1 is 1.43 bits per heavy atom. The highest BCUT2D eigenvalue weighted by molar-refractivity contribution is 7.71. The third kappa shape index (κ3) is 3.27. The van der Waals surface area contributed by atoms with E-state index in [0.717, 1.165) is 15.7 Å². The van der Waals surface area contributed by atoms with Crippen LogP contribution in [0.3, 0.4) is 0 Å². The number of imidazole rings is 1. The van der Waals surface area contributed by atoms with E-state index in [4.69, 9.17) is 12.2 Å². The van der Waals surface area contributed by atoms with Gasteiger partial charge in [0.1, 0.15) is 0 Å². The fourth-order valence-electron chi connectivity index (χ4n) is 1.26. The van der Waals surface area contributed by atoms with Crippen LogP contribution in [0.5, 0.6) is 0 Å². The highest BCUT2D eigenvalue weighted by Crippen LogP contribution is 2.09. The Kier molecular flexibility index (Phi) is 3.50. The molecule has 1 atom stereocenters. The minimum Gasteiger partial charge on any atom is -0.337 e. The average Bonchev–Trinajstić information content (AvgIpc) is 2.45. The summed E-state index contributed by atoms with van der Waals surface area (Å²) in [6, 6.07) is 0.659. The van der Waals surface area contributed by atoms with Gasteiger partial charge in [0.25, 0.3) is 0 Å². The van der Waals surface area contributed by atoms with E-state index in [-0.39, 0.29) is 0 Å². The van der Waals surface area contributed by atoms with E-state index in [9.17, 15) is 0 Å². The molecule has 80 valence electrons. The van der Waals surface area contributed by atoms with Gasteiger partial charge in [-0.2, -0.15) is 0 Å². The van der Waals surface area contributed by atoms with Gasteiger partial charge in [-0.05, 0) is 25.6 Å². The summed E-state index contributed by atoms with van der Waals surface area (Å²) in [5.74, 6) is 0. The van der Waals surface area contributed by atoms with Crippen LogP contribution < -0.4 is 0 Å². The molecule has 0 saturated carbocycles. The first-order valence-electron chi connectivity index (χ1n) is 4.97. The molecule has 3 nitrogen and oxygen atoms in total. The van der Waals surface area contributed by atoms with Crippen molar-refractivity contribution in [1.29, 1.82) is 0 Å². The summed E-state index contributed by atoms with van der Waals surface area (Å²) in [4.78, 5) is 6.12. The van der Waals surface area contributed by atoms with Gasteiger partial charge in [0, 0.05) is 18.3 Å². The third-order valence-electron chi connectivity index (χ3n) is 2.81. The van der Waals surface area contributed by atoms with Gasteiger partial charge in [-0.1, -0.05) is 0 Å². The number of rotatable bonds is 4. The zero-order chi connectivity index (χ0) is 10.8. The van der Waals surface area contributed by atoms with Crippen molar-refractivity contribution in [2.24, 2.45) is 0 Å². The standard InChI is InChI=1S/C10H19N3S/c1-8(13(2,3)4)5-6-9-7-11-10(14)12-9/h7-8H,5-6H2,1-4H3,(H-,11,12,14)/p+1. The molecule has 2 N–H and O–H groups in total. The van der Waals surface area contributed by atoms with Gasteiger partial charge >= 0.3 is 0 Å². The molecule has 0 spiro atoms. The molecule has 0 aliphatic carbocycles. The topological polar surface area (TPSA) is 31.6 Å². The number of hydrogen-bond donors (Lipinski definition) is 2. The van der Waals surface area contributed by atoms with Crippen LogP contribution in [0, 0.1) is 4.77 Å². The summed E-state index contributed by atoms with van der Waals surface area (Å²) in [6.07, 6.45) is 4.20. The lowest BCUT2D eigenvalue weighted by atomic mass is 10.1. The number of nitrogens with zero attached hydrogens (tertiary/aromatic N) is 1. The molecule has 0 aliphatic rings. The summed E-state index contributed by atoms with van der Waals surface area (Å²) in [5.41, 5.74) is 1.20. The van der Waals surface area contributed by atoms with Crippen LogP contribution in [0.1, 0.15) is 19.0 Å². The summed E-state index contributed by atoms with van der Waals surface area (Å²) < 4.78 is 1.73. The van der Waals surface area contributed by atoms with E-state index in [1.807, 2.05) is 6.20 Å². The predicted octanol–water partition coefficient (Wildman–Crippen LogP) is 2.10. The molecule has 1 unspecified atom stereocenters. The molecule has 0 fully saturated rings. The number of H-pyrrole nitrogens is 2. The molecular formula is C10H20N3S+. The van der Waals surface area contributed by atoms with Crippen molar-refractivity contribution in [3.63, 3.8) is 0 Å². The number of nitrogens with one attached hydrogen (secondary N) is 2. The molecule has 14 heavy (non-hydrogen) atoms. The summed E-state index contributed by atoms with van der Waals surface area (Å²) in [5, 5.41) is 0. The normalized spacial score (nSPS) is 14.3. The molecule has 0 bridgehead atoms. The van der Waals surface area contributed by atoms with E-state index in [1.165, 1.54) is 12.1 Å². The maximum absolute atomic E-state index is 4.97. The zero-order valence-electron chi connectivity index (χ0n) is 9.42. The first-order valence-corrected chi connectivity index (χ1v) is 5.38. The smallest absolute Gasteiger partial charge is 0.174 e. The van der Waals surface area contributed by atoms with Gasteiger partial charge in [0.15, 0.2) is 4.77 Å². The summed E-state index contributed by atoms with van der Waals surface area (Å²) >= 11 is 4.97. The molecule has 1 aromatic rings. The monoisotopic (exact) mass is 214 g/mol. The molecule has 0 aromatic carbocycles. The maximum Gasteiger partial charge on any atom is 0.174 e. The van der Waals surface area contributed by atoms with Crippen LogP contribution in [0.4, 0.5) is 0 Å². The zero-order valence-corrected chi connectivity index (χ0v) is 10.2. The quantitative estimate of drug-likeness (QED) is 0.584. The van der Waals surface area contributed by atoms with Gasteiger partial charge in [0.2, 0.25) is 0 Å². The van der Waals surface area contributed by atoms with Gasteiger partial charge in [0.05, 0.1) is 27.2 Å². The maximum atomic E-state index is 4.97. The Morgan fingerprint density at radius 2 is 2.07 bits per heavy atom. The molecule has 0 aliphatic heterocycles. The minimum absolute atomic E-state index is 0.659. The number of quaternary nitrogens is 1. The van der Waals surface area contributed by atoms with Crippen LogP contribution >= 0.6 is 12.2 Å². The number of hydrogen-bond acceptors (Lipinski definition) is 1. The molecular weight excluding hydrogens is 194 g/mol. The van der Waals surface area contributed by atoms with Gasteiger partial charge < -0.3 is 14.5 Å². The first-order chi connectivity index (χ1) is 6.39. The molecule has 1 heterocycles. The van der Waals surface area contributed by atoms with E-state index in [0.29, 0.717) is 6.04 Å². The first kappa shape index (κ1) is 11.5. The molecule has 0 amide bonds. The van der Waals surface area contributed by atoms with Gasteiger partial charge in [-0.15, -0.1) is 0 Å². The molecule has 1 rings (SSSR count). The van der Waals surface area contributed by atoms with E-state index in [2.05, 4.69) is 38.0 Å². The molecule has 1 aromatic heterocycles. The Morgan fingerprint density at radius 3 is 2.50 bits per heavy atom. The fraction of sp³-hybridized carbons (Fsp3) is 0.700. The van der Waals surface area contributed by atoms with E-state index >= 15 is 0 Å². The average molecular weight is 214 g/mol. The largest absolute Gasteiger partial charge is 0.337 e. The van der Waals surface area contributed by atoms with Crippen molar-refractivity contribution in [3.8, 4) is 0 Å². The number of aromatic nitrogens is 2. The summed E-state index contributed by atoms with van der Waals surface area (Å²) in [6.45, 7) is 2.28. The Hall–Kier alpha value is -0.610. The molecule has 4 heteroatoms. The summed E-state index contributed by atoms with van der Waals surface area (Å²) in [7, 11) is 6.68. The second kappa shape index (κ2) is 4.28. The fourth-order valence-corrected chi connectivity index (χ4v) is 1.45. The lowest BCUT2D eigenvalue weighted by Gasteiger charge is -2.31. The van der Waals surface area contributed by atoms with Crippen molar-refractivity contribution in [1.82, 2.24) is 9.97 Å². The van der Waals surface area contributed by atoms with Crippen LogP contribution in [0.2, 0.25) is 0 Å². The second-order valence-corrected chi connectivity index (χ2v) is 5.18. The predicted molar refractivity (Wildman–Crippen MR) is 61.8 cm³/mol. The minimum atomic E-state index is 0.659. The SMILES string of the molecule is CC(CCc1c[nH]c(=S)[nH]1)[N+](C)(C)C. The molecule has 0 saturated heterocycles. The highest BCUT2D eigenvalue weighted by atomic mass is 32.1. The van der Waals surface area contributed by atoms with Crippen molar-refractivity contribution in [2.75, 3.05) is 21.1 Å². The van der Waals surface area contributed by atoms with Gasteiger partial charge in [-0.3, -0.25) is 0 Å². The highest BCUT2D eigenvalue weighted by Gasteiger charge is 2.17. The van der Waals surface area contributed by atoms with E-state index in [1.54, 1.807) is 0 Å². The lowest BCUT2D eigenvalue weighted by molar-refractivity contribution is -0.894. The van der Waals surface area contributed by atoms with Gasteiger partial charge in [-0.25, -0.2) is 0 Å². The van der Waals surface area contributed by atoms with Crippen LogP contribution in [0.25, 0.3) is 0 Å². The van der Waals surface area contributed by atoms with Crippen molar-refractivity contribution in [2.45, 2.75) is 25.8 Å². The lowest BCUT2D eigenvalue weighted by Crippen LogP contribution is -2.43.